The lowest BCUT2D eigenvalue weighted by Gasteiger charge is -2.36. The number of hydrogen-bond donors (Lipinski definition) is 3. The van der Waals surface area contributed by atoms with Gasteiger partial charge in [-0.05, 0) is 78.9 Å². The molecule has 4 aromatic rings. The predicted molar refractivity (Wildman–Crippen MR) is 204 cm³/mol. The summed E-state index contributed by atoms with van der Waals surface area (Å²) in [6.07, 6.45) is 1.25. The lowest BCUT2D eigenvalue weighted by atomic mass is 10.0. The summed E-state index contributed by atoms with van der Waals surface area (Å²) in [5.74, 6) is -2.02. The van der Waals surface area contributed by atoms with E-state index in [1.807, 2.05) is 12.1 Å². The molecular formula is C41H42F2N8O5. The molecule has 5 aliphatic rings. The summed E-state index contributed by atoms with van der Waals surface area (Å²) in [4.78, 5) is 46.0. The standard InChI is InChI=1S/C41H42F2N8O5/c1-22-11-28(56-29-15-27-18-44-39-36(50(27)20-29)17-34(46-47-39)31-13-25(42)14-33(43)38(31)53)12-23(2)32(22)21-48-7-9-49(10-8-48)26-4-3-24-19-51(41(55)30(24)16-26)35-5-6-37(52)45-40(35)54/h3-4,11-14,16-17,27,29,35,53H,5-10,15,18-21H2,1-2H3,(H,44,47)(H,45,52,54)/t27-,29-,35?/m1/s1. The fourth-order valence-electron chi connectivity index (χ4n) is 8.87. The van der Waals surface area contributed by atoms with Crippen LogP contribution in [0.5, 0.6) is 11.5 Å². The van der Waals surface area contributed by atoms with Crippen molar-refractivity contribution >= 4 is 34.9 Å². The number of benzene rings is 3. The number of fused-ring (bicyclic) bond motifs is 4. The summed E-state index contributed by atoms with van der Waals surface area (Å²) < 4.78 is 34.7. The van der Waals surface area contributed by atoms with Crippen LogP contribution in [0.2, 0.25) is 0 Å². The number of hydrogen-bond acceptors (Lipinski definition) is 11. The van der Waals surface area contributed by atoms with Crippen molar-refractivity contribution in [3.8, 4) is 22.8 Å². The minimum atomic E-state index is -1.06. The highest BCUT2D eigenvalue weighted by Crippen LogP contribution is 2.40. The molecule has 1 aromatic heterocycles. The SMILES string of the molecule is Cc1cc(O[C@@H]2C[C@@H]3CNc4nnc(-c5cc(F)cc(F)c5O)cc4N3C2)cc(C)c1CN1CCN(c2ccc3c(c2)C(=O)N(C2CCC(=O)NC2=O)C3)CC1. The van der Waals surface area contributed by atoms with E-state index < -0.39 is 29.3 Å². The Labute approximate surface area is 322 Å². The molecule has 0 bridgehead atoms. The Kier molecular flexibility index (Phi) is 8.98. The third kappa shape index (κ3) is 6.52. The molecular weight excluding hydrogens is 722 g/mol. The Morgan fingerprint density at radius 2 is 1.71 bits per heavy atom. The molecule has 3 aromatic carbocycles. The number of nitrogens with one attached hydrogen (secondary N) is 2. The van der Waals surface area contributed by atoms with Crippen molar-refractivity contribution in [1.82, 2.24) is 25.3 Å². The smallest absolute Gasteiger partial charge is 0.255 e. The predicted octanol–water partition coefficient (Wildman–Crippen LogP) is 4.28. The van der Waals surface area contributed by atoms with Crippen LogP contribution in [0.4, 0.5) is 26.0 Å². The minimum Gasteiger partial charge on any atom is -0.504 e. The molecule has 0 aliphatic carbocycles. The molecule has 0 saturated carbocycles. The van der Waals surface area contributed by atoms with Gasteiger partial charge in [-0.25, -0.2) is 8.78 Å². The molecule has 15 heteroatoms. The number of halogens is 2. The second-order valence-electron chi connectivity index (χ2n) is 15.5. The normalized spacial score (nSPS) is 22.1. The maximum atomic E-state index is 14.1. The number of piperidine rings is 1. The van der Waals surface area contributed by atoms with Gasteiger partial charge in [0.1, 0.15) is 23.7 Å². The zero-order chi connectivity index (χ0) is 38.8. The average Bonchev–Trinajstić information content (AvgIpc) is 3.74. The Bertz CT molecular complexity index is 2260. The fourth-order valence-corrected chi connectivity index (χ4v) is 8.87. The maximum absolute atomic E-state index is 14.1. The van der Waals surface area contributed by atoms with Gasteiger partial charge in [-0.1, -0.05) is 6.07 Å². The van der Waals surface area contributed by atoms with Crippen molar-refractivity contribution < 1.29 is 33.0 Å². The first-order chi connectivity index (χ1) is 27.0. The minimum absolute atomic E-state index is 0.0572. The topological polar surface area (TPSA) is 143 Å². The molecule has 1 unspecified atom stereocenters. The highest BCUT2D eigenvalue weighted by molar-refractivity contribution is 6.05. The zero-order valence-corrected chi connectivity index (χ0v) is 31.1. The summed E-state index contributed by atoms with van der Waals surface area (Å²) in [5, 5.41) is 24.3. The Morgan fingerprint density at radius 1 is 0.929 bits per heavy atom. The number of ether oxygens (including phenoxy) is 1. The van der Waals surface area contributed by atoms with E-state index in [1.165, 1.54) is 5.56 Å². The van der Waals surface area contributed by atoms with Gasteiger partial charge in [0, 0.05) is 81.5 Å². The molecule has 3 atom stereocenters. The molecule has 3 saturated heterocycles. The van der Waals surface area contributed by atoms with Crippen molar-refractivity contribution in [2.45, 2.75) is 64.4 Å². The molecule has 3 amide bonds. The highest BCUT2D eigenvalue weighted by atomic mass is 19.1. The van der Waals surface area contributed by atoms with Crippen LogP contribution in [0.3, 0.4) is 0 Å². The van der Waals surface area contributed by atoms with Gasteiger partial charge in [0.25, 0.3) is 5.91 Å². The highest BCUT2D eigenvalue weighted by Gasteiger charge is 2.40. The quantitative estimate of drug-likeness (QED) is 0.232. The second-order valence-corrected chi connectivity index (χ2v) is 15.5. The van der Waals surface area contributed by atoms with Gasteiger partial charge in [0.2, 0.25) is 11.8 Å². The third-order valence-electron chi connectivity index (χ3n) is 11.9. The number of carbonyl (C=O) groups is 3. The van der Waals surface area contributed by atoms with E-state index in [-0.39, 0.29) is 41.6 Å². The van der Waals surface area contributed by atoms with E-state index in [0.29, 0.717) is 43.5 Å². The van der Waals surface area contributed by atoms with Crippen LogP contribution in [-0.2, 0) is 22.7 Å². The maximum Gasteiger partial charge on any atom is 0.255 e. The van der Waals surface area contributed by atoms with Crippen LogP contribution in [-0.4, -0.2) is 100 Å². The molecule has 0 radical (unpaired) electrons. The van der Waals surface area contributed by atoms with Crippen molar-refractivity contribution in [3.63, 3.8) is 0 Å². The van der Waals surface area contributed by atoms with E-state index >= 15 is 0 Å². The molecule has 56 heavy (non-hydrogen) atoms. The molecule has 0 spiro atoms. The number of anilines is 3. The first-order valence-electron chi connectivity index (χ1n) is 19.1. The number of piperazine rings is 1. The molecule has 5 aliphatic heterocycles. The zero-order valence-electron chi connectivity index (χ0n) is 31.1. The van der Waals surface area contributed by atoms with Gasteiger partial charge < -0.3 is 29.9 Å². The lowest BCUT2D eigenvalue weighted by molar-refractivity contribution is -0.136. The van der Waals surface area contributed by atoms with Crippen molar-refractivity contribution in [2.75, 3.05) is 54.4 Å². The number of amides is 3. The summed E-state index contributed by atoms with van der Waals surface area (Å²) in [6.45, 7) is 10.0. The van der Waals surface area contributed by atoms with Crippen LogP contribution in [0.15, 0.2) is 48.5 Å². The van der Waals surface area contributed by atoms with Gasteiger partial charge in [-0.15, -0.1) is 10.2 Å². The summed E-state index contributed by atoms with van der Waals surface area (Å²) >= 11 is 0. The second kappa shape index (κ2) is 14.0. The molecule has 290 valence electrons. The van der Waals surface area contributed by atoms with E-state index in [1.54, 1.807) is 11.0 Å². The lowest BCUT2D eigenvalue weighted by Crippen LogP contribution is -2.52. The number of nitrogens with zero attached hydrogens (tertiary/aromatic N) is 6. The molecule has 3 N–H and O–H groups in total. The molecule has 3 fully saturated rings. The summed E-state index contributed by atoms with van der Waals surface area (Å²) in [6, 6.07) is 13.1. The summed E-state index contributed by atoms with van der Waals surface area (Å²) in [7, 11) is 0. The number of imide groups is 1. The fraction of sp³-hybridized carbons (Fsp3) is 0.390. The van der Waals surface area contributed by atoms with E-state index in [2.05, 4.69) is 67.6 Å². The molecule has 13 nitrogen and oxygen atoms in total. The number of aromatic nitrogens is 2. The van der Waals surface area contributed by atoms with Crippen molar-refractivity contribution in [3.05, 3.63) is 88.0 Å². The van der Waals surface area contributed by atoms with Crippen LogP contribution in [0, 0.1) is 25.5 Å². The van der Waals surface area contributed by atoms with Crippen LogP contribution >= 0.6 is 0 Å². The average molecular weight is 765 g/mol. The molecule has 6 heterocycles. The van der Waals surface area contributed by atoms with Gasteiger partial charge in [-0.2, -0.15) is 0 Å². The number of rotatable bonds is 7. The Morgan fingerprint density at radius 3 is 2.48 bits per heavy atom. The molecule has 9 rings (SSSR count). The van der Waals surface area contributed by atoms with Crippen molar-refractivity contribution in [2.24, 2.45) is 0 Å². The largest absolute Gasteiger partial charge is 0.504 e. The number of phenols is 1. The van der Waals surface area contributed by atoms with Crippen LogP contribution in [0.25, 0.3) is 11.3 Å². The van der Waals surface area contributed by atoms with E-state index in [4.69, 9.17) is 4.74 Å². The first-order valence-corrected chi connectivity index (χ1v) is 19.1. The first kappa shape index (κ1) is 35.8. The van der Waals surface area contributed by atoms with E-state index in [9.17, 15) is 28.3 Å². The van der Waals surface area contributed by atoms with Crippen LogP contribution in [0.1, 0.15) is 51.9 Å². The third-order valence-corrected chi connectivity index (χ3v) is 11.9. The van der Waals surface area contributed by atoms with Crippen LogP contribution < -0.4 is 25.2 Å². The Balaban J connectivity index is 0.817. The summed E-state index contributed by atoms with van der Waals surface area (Å²) in [5.41, 5.74) is 6.97. The van der Waals surface area contributed by atoms with Gasteiger partial charge in [0.05, 0.1) is 24.0 Å². The number of aryl methyl sites for hydroxylation is 2. The monoisotopic (exact) mass is 764 g/mol. The Hall–Kier alpha value is -5.83. The number of phenolic OH excluding ortho intramolecular Hbond substituents is 1. The number of carbonyl (C=O) groups excluding carboxylic acids is 3. The van der Waals surface area contributed by atoms with Crippen molar-refractivity contribution in [1.29, 1.82) is 0 Å². The van der Waals surface area contributed by atoms with Gasteiger partial charge >= 0.3 is 0 Å². The van der Waals surface area contributed by atoms with Gasteiger partial charge in [-0.3, -0.25) is 24.6 Å². The van der Waals surface area contributed by atoms with E-state index in [0.717, 1.165) is 79.0 Å². The van der Waals surface area contributed by atoms with Gasteiger partial charge in [0.15, 0.2) is 17.4 Å². The number of aromatic hydroxyl groups is 1.